The van der Waals surface area contributed by atoms with Crippen molar-refractivity contribution in [1.29, 1.82) is 0 Å². The van der Waals surface area contributed by atoms with E-state index in [9.17, 15) is 9.59 Å². The van der Waals surface area contributed by atoms with E-state index in [1.165, 1.54) is 11.8 Å². The molecule has 4 heteroatoms. The van der Waals surface area contributed by atoms with E-state index >= 15 is 0 Å². The molecule has 2 aliphatic carbocycles. The van der Waals surface area contributed by atoms with Gasteiger partial charge in [-0.25, -0.2) is 0 Å². The first-order valence-corrected chi connectivity index (χ1v) is 8.22. The minimum absolute atomic E-state index is 0.0210. The summed E-state index contributed by atoms with van der Waals surface area (Å²) in [7, 11) is 0. The second-order valence-electron chi connectivity index (χ2n) is 6.94. The van der Waals surface area contributed by atoms with Gasteiger partial charge in [-0.05, 0) is 38.0 Å². The molecule has 2 atom stereocenters. The number of likely N-dealkylation sites (tertiary alicyclic amines) is 1. The number of furan rings is 1. The Kier molecular flexibility index (Phi) is 3.21. The van der Waals surface area contributed by atoms with E-state index < -0.39 is 0 Å². The van der Waals surface area contributed by atoms with Crippen LogP contribution in [0.4, 0.5) is 0 Å². The lowest BCUT2D eigenvalue weighted by molar-refractivity contribution is 0.0777. The zero-order valence-corrected chi connectivity index (χ0v) is 12.9. The fraction of sp³-hybridized carbons (Fsp3) is 0.556. The molecular weight excluding hydrogens is 278 g/mol. The van der Waals surface area contributed by atoms with Gasteiger partial charge in [-0.1, -0.05) is 11.6 Å². The second kappa shape index (κ2) is 5.11. The van der Waals surface area contributed by atoms with Crippen molar-refractivity contribution < 1.29 is 14.0 Å². The monoisotopic (exact) mass is 299 g/mol. The van der Waals surface area contributed by atoms with E-state index in [4.69, 9.17) is 4.42 Å². The Balaban J connectivity index is 1.57. The number of carbonyl (C=O) groups excluding carboxylic acids is 2. The van der Waals surface area contributed by atoms with Gasteiger partial charge < -0.3 is 9.32 Å². The van der Waals surface area contributed by atoms with Crippen LogP contribution in [-0.4, -0.2) is 29.7 Å². The molecule has 1 amide bonds. The predicted molar refractivity (Wildman–Crippen MR) is 81.9 cm³/mol. The maximum absolute atomic E-state index is 12.8. The number of nitrogens with zero attached hydrogens (tertiary/aromatic N) is 1. The molecule has 2 heterocycles. The van der Waals surface area contributed by atoms with E-state index in [-0.39, 0.29) is 11.7 Å². The van der Waals surface area contributed by atoms with E-state index in [0.717, 1.165) is 38.8 Å². The van der Waals surface area contributed by atoms with Crippen LogP contribution in [-0.2, 0) is 6.42 Å². The van der Waals surface area contributed by atoms with Gasteiger partial charge in [0.25, 0.3) is 5.91 Å². The molecule has 1 aromatic heterocycles. The van der Waals surface area contributed by atoms with Gasteiger partial charge in [-0.3, -0.25) is 9.59 Å². The molecular formula is C18H21NO3. The van der Waals surface area contributed by atoms with Gasteiger partial charge in [-0.2, -0.15) is 0 Å². The molecule has 1 saturated heterocycles. The first-order valence-electron chi connectivity index (χ1n) is 8.22. The quantitative estimate of drug-likeness (QED) is 0.748. The first kappa shape index (κ1) is 13.8. The summed E-state index contributed by atoms with van der Waals surface area (Å²) in [5, 5.41) is 0. The van der Waals surface area contributed by atoms with Crippen LogP contribution in [0.1, 0.15) is 59.1 Å². The molecule has 1 aliphatic heterocycles. The molecule has 4 nitrogen and oxygen atoms in total. The maximum atomic E-state index is 12.8. The minimum atomic E-state index is -0.0210. The van der Waals surface area contributed by atoms with Gasteiger partial charge >= 0.3 is 0 Å². The number of aryl methyl sites for hydroxylation is 1. The highest BCUT2D eigenvalue weighted by molar-refractivity contribution is 6.09. The number of hydrogen-bond acceptors (Lipinski definition) is 3. The van der Waals surface area contributed by atoms with E-state index in [0.29, 0.717) is 35.1 Å². The fourth-order valence-electron chi connectivity index (χ4n) is 4.20. The Hall–Kier alpha value is -1.84. The molecule has 0 unspecified atom stereocenters. The summed E-state index contributed by atoms with van der Waals surface area (Å²) in [5.41, 5.74) is 2.48. The number of allylic oxidation sites excluding steroid dienone is 2. The highest BCUT2D eigenvalue weighted by atomic mass is 16.3. The van der Waals surface area contributed by atoms with Crippen molar-refractivity contribution in [3.05, 3.63) is 34.8 Å². The molecule has 3 aliphatic rings. The lowest BCUT2D eigenvalue weighted by Crippen LogP contribution is -2.30. The van der Waals surface area contributed by atoms with Gasteiger partial charge in [0.1, 0.15) is 12.0 Å². The largest absolute Gasteiger partial charge is 0.468 e. The number of amides is 1. The van der Waals surface area contributed by atoms with Crippen LogP contribution in [0.5, 0.6) is 0 Å². The van der Waals surface area contributed by atoms with Crippen molar-refractivity contribution >= 4 is 11.7 Å². The molecule has 0 bridgehead atoms. The number of fused-ring (bicyclic) bond motifs is 2. The van der Waals surface area contributed by atoms with Crippen LogP contribution in [0.3, 0.4) is 0 Å². The summed E-state index contributed by atoms with van der Waals surface area (Å²) in [4.78, 5) is 26.9. The number of carbonyl (C=O) groups is 2. The van der Waals surface area contributed by atoms with Crippen LogP contribution in [0.2, 0.25) is 0 Å². The van der Waals surface area contributed by atoms with Crippen molar-refractivity contribution in [3.8, 4) is 0 Å². The lowest BCUT2D eigenvalue weighted by atomic mass is 9.83. The molecule has 116 valence electrons. The zero-order chi connectivity index (χ0) is 15.3. The van der Waals surface area contributed by atoms with Crippen molar-refractivity contribution in [1.82, 2.24) is 4.90 Å². The SMILES string of the molecule is CC1=CC[C@H]2CN(C(=O)c3coc4c3C(=O)CCC4)C[C@H]2C1. The Morgan fingerprint density at radius 3 is 2.95 bits per heavy atom. The highest BCUT2D eigenvalue weighted by Crippen LogP contribution is 2.37. The third-order valence-electron chi connectivity index (χ3n) is 5.40. The molecule has 0 N–H and O–H groups in total. The maximum Gasteiger partial charge on any atom is 0.257 e. The molecule has 0 radical (unpaired) electrons. The normalized spacial score (nSPS) is 27.4. The van der Waals surface area contributed by atoms with Crippen LogP contribution >= 0.6 is 0 Å². The Morgan fingerprint density at radius 2 is 2.09 bits per heavy atom. The minimum Gasteiger partial charge on any atom is -0.468 e. The average molecular weight is 299 g/mol. The summed E-state index contributed by atoms with van der Waals surface area (Å²) < 4.78 is 5.50. The second-order valence-corrected chi connectivity index (χ2v) is 6.94. The van der Waals surface area contributed by atoms with Gasteiger partial charge in [0.15, 0.2) is 5.78 Å². The molecule has 1 fully saturated rings. The summed E-state index contributed by atoms with van der Waals surface area (Å²) in [6, 6.07) is 0. The number of ketones is 1. The summed E-state index contributed by atoms with van der Waals surface area (Å²) in [5.74, 6) is 1.90. The van der Waals surface area contributed by atoms with Crippen LogP contribution in [0, 0.1) is 11.8 Å². The van der Waals surface area contributed by atoms with E-state index in [1.54, 1.807) is 0 Å². The molecule has 0 spiro atoms. The van der Waals surface area contributed by atoms with Crippen molar-refractivity contribution in [2.45, 2.75) is 39.0 Å². The fourth-order valence-corrected chi connectivity index (χ4v) is 4.20. The van der Waals surface area contributed by atoms with Crippen LogP contribution in [0.25, 0.3) is 0 Å². The Bertz CT molecular complexity index is 670. The van der Waals surface area contributed by atoms with Crippen molar-refractivity contribution in [3.63, 3.8) is 0 Å². The Labute approximate surface area is 130 Å². The molecule has 0 saturated carbocycles. The Morgan fingerprint density at radius 1 is 1.27 bits per heavy atom. The van der Waals surface area contributed by atoms with Crippen LogP contribution < -0.4 is 0 Å². The van der Waals surface area contributed by atoms with Gasteiger partial charge in [0, 0.05) is 25.9 Å². The molecule has 4 rings (SSSR count). The zero-order valence-electron chi connectivity index (χ0n) is 12.9. The predicted octanol–water partition coefficient (Wildman–Crippen LogP) is 3.23. The third kappa shape index (κ3) is 2.13. The van der Waals surface area contributed by atoms with Gasteiger partial charge in [0.05, 0.1) is 11.1 Å². The number of Topliss-reactive ketones (excluding diaryl/α,β-unsaturated/α-hetero) is 1. The molecule has 0 aromatic carbocycles. The highest BCUT2D eigenvalue weighted by Gasteiger charge is 2.38. The standard InChI is InChI=1S/C18H21NO3/c1-11-5-6-12-8-19(9-13(12)7-11)18(21)14-10-22-16-4-2-3-15(20)17(14)16/h5,10,12-13H,2-4,6-9H2,1H3/t12-,13+/m0/s1. The first-order chi connectivity index (χ1) is 10.6. The lowest BCUT2D eigenvalue weighted by Gasteiger charge is -2.21. The van der Waals surface area contributed by atoms with Gasteiger partial charge in [-0.15, -0.1) is 0 Å². The molecule has 22 heavy (non-hydrogen) atoms. The summed E-state index contributed by atoms with van der Waals surface area (Å²) in [6.07, 6.45) is 8.09. The topological polar surface area (TPSA) is 50.5 Å². The van der Waals surface area contributed by atoms with E-state index in [1.807, 2.05) is 4.90 Å². The third-order valence-corrected chi connectivity index (χ3v) is 5.40. The van der Waals surface area contributed by atoms with Gasteiger partial charge in [0.2, 0.25) is 0 Å². The van der Waals surface area contributed by atoms with Crippen molar-refractivity contribution in [2.75, 3.05) is 13.1 Å². The van der Waals surface area contributed by atoms with Crippen LogP contribution in [0.15, 0.2) is 22.3 Å². The smallest absolute Gasteiger partial charge is 0.257 e. The summed E-state index contributed by atoms with van der Waals surface area (Å²) >= 11 is 0. The molecule has 1 aromatic rings. The van der Waals surface area contributed by atoms with Crippen molar-refractivity contribution in [2.24, 2.45) is 11.8 Å². The number of rotatable bonds is 1. The van der Waals surface area contributed by atoms with E-state index in [2.05, 4.69) is 13.0 Å². The summed E-state index contributed by atoms with van der Waals surface area (Å²) in [6.45, 7) is 3.79. The average Bonchev–Trinajstić information content (AvgIpc) is 3.10. The number of hydrogen-bond donors (Lipinski definition) is 0.